The number of nitrogens with one attached hydrogen (secondary N) is 1. The van der Waals surface area contributed by atoms with Gasteiger partial charge in [-0.15, -0.1) is 0 Å². The van der Waals surface area contributed by atoms with Crippen molar-refractivity contribution in [2.75, 3.05) is 13.5 Å². The van der Waals surface area contributed by atoms with Gasteiger partial charge in [0.2, 0.25) is 5.76 Å². The maximum Gasteiger partial charge on any atom is 0.514 e. The fourth-order valence-corrected chi connectivity index (χ4v) is 3.25. The number of rotatable bonds is 5. The van der Waals surface area contributed by atoms with Crippen molar-refractivity contribution in [1.29, 1.82) is 0 Å². The minimum atomic E-state index is -4.35. The average Bonchev–Trinajstić information content (AvgIpc) is 3.16. The lowest BCUT2D eigenvalue weighted by Gasteiger charge is -2.13. The zero-order valence-electron chi connectivity index (χ0n) is 13.3. The van der Waals surface area contributed by atoms with Crippen molar-refractivity contribution < 1.29 is 33.0 Å². The third-order valence-corrected chi connectivity index (χ3v) is 4.71. The minimum absolute atomic E-state index is 0.276. The standard InChI is InChI=1S/C13H15N2O9P/c1-7-5-15(11(17)14-10(7)16)13-4-3-8(9(13)23-13)22-6-25(19,20)24-12(18)21-2/h5H,3-4,6H2,1-2H3,(H,19,20)(H,14,16,17). The van der Waals surface area contributed by atoms with E-state index in [4.69, 9.17) is 9.47 Å². The van der Waals surface area contributed by atoms with Crippen LogP contribution in [0.3, 0.4) is 0 Å². The maximum atomic E-state index is 12.0. The number of hydrogen-bond donors (Lipinski definition) is 2. The van der Waals surface area contributed by atoms with Gasteiger partial charge in [0.1, 0.15) is 5.76 Å². The summed E-state index contributed by atoms with van der Waals surface area (Å²) >= 11 is 0. The van der Waals surface area contributed by atoms with Crippen LogP contribution in [0, 0.1) is 6.92 Å². The molecule has 136 valence electrons. The number of hydrogen-bond acceptors (Lipinski definition) is 8. The monoisotopic (exact) mass is 374 g/mol. The predicted molar refractivity (Wildman–Crippen MR) is 80.6 cm³/mol. The zero-order valence-corrected chi connectivity index (χ0v) is 14.2. The van der Waals surface area contributed by atoms with Crippen LogP contribution in [-0.2, 0) is 29.0 Å². The summed E-state index contributed by atoms with van der Waals surface area (Å²) in [6.07, 6.45) is 0.00849. The van der Waals surface area contributed by atoms with E-state index in [0.717, 1.165) is 7.11 Å². The van der Waals surface area contributed by atoms with Crippen molar-refractivity contribution in [3.63, 3.8) is 0 Å². The van der Waals surface area contributed by atoms with E-state index < -0.39 is 37.1 Å². The van der Waals surface area contributed by atoms with Crippen molar-refractivity contribution in [3.05, 3.63) is 44.1 Å². The highest BCUT2D eigenvalue weighted by Crippen LogP contribution is 2.57. The van der Waals surface area contributed by atoms with Crippen LogP contribution in [0.4, 0.5) is 4.79 Å². The molecule has 0 radical (unpaired) electrons. The normalized spacial score (nSPS) is 23.3. The molecule has 0 saturated carbocycles. The molecule has 0 amide bonds. The van der Waals surface area contributed by atoms with E-state index in [9.17, 15) is 23.8 Å². The summed E-state index contributed by atoms with van der Waals surface area (Å²) < 4.78 is 32.0. The third-order valence-electron chi connectivity index (χ3n) is 3.82. The van der Waals surface area contributed by atoms with Gasteiger partial charge in [-0.2, -0.15) is 0 Å². The van der Waals surface area contributed by atoms with Gasteiger partial charge in [-0.3, -0.25) is 14.3 Å². The largest absolute Gasteiger partial charge is 0.514 e. The predicted octanol–water partition coefficient (Wildman–Crippen LogP) is 0.476. The number of aromatic amines is 1. The van der Waals surface area contributed by atoms with Gasteiger partial charge in [-0.05, 0) is 6.92 Å². The number of aromatic nitrogens is 2. The van der Waals surface area contributed by atoms with Gasteiger partial charge in [0.05, 0.1) is 7.11 Å². The van der Waals surface area contributed by atoms with Crippen LogP contribution in [0.2, 0.25) is 0 Å². The minimum Gasteiger partial charge on any atom is -0.480 e. The summed E-state index contributed by atoms with van der Waals surface area (Å²) in [6.45, 7) is 1.55. The SMILES string of the molecule is COC(=O)OP(=O)(O)COC1=C2OC2(n2cc(C)c(=O)[nH]c2=O)CC1. The van der Waals surface area contributed by atoms with Crippen molar-refractivity contribution >= 4 is 13.8 Å². The summed E-state index contributed by atoms with van der Waals surface area (Å²) in [5, 5.41) is 0. The molecule has 2 unspecified atom stereocenters. The number of methoxy groups -OCH3 is 1. The van der Waals surface area contributed by atoms with Crippen molar-refractivity contribution in [2.45, 2.75) is 25.5 Å². The molecule has 3 rings (SSSR count). The summed E-state index contributed by atoms with van der Waals surface area (Å²) in [5.74, 6) is 0.609. The quantitative estimate of drug-likeness (QED) is 0.426. The van der Waals surface area contributed by atoms with Crippen LogP contribution >= 0.6 is 7.60 Å². The number of carbonyl (C=O) groups excluding carboxylic acids is 1. The Hall–Kier alpha value is -2.52. The molecule has 2 atom stereocenters. The van der Waals surface area contributed by atoms with Crippen molar-refractivity contribution in [3.8, 4) is 0 Å². The first kappa shape index (κ1) is 17.3. The molecule has 2 N–H and O–H groups in total. The maximum absolute atomic E-state index is 12.0. The molecule has 1 aromatic heterocycles. The van der Waals surface area contributed by atoms with E-state index in [2.05, 4.69) is 14.2 Å². The fourth-order valence-electron chi connectivity index (χ4n) is 2.57. The van der Waals surface area contributed by atoms with Gasteiger partial charge in [0.15, 0.2) is 6.35 Å². The van der Waals surface area contributed by atoms with Gasteiger partial charge in [0, 0.05) is 24.6 Å². The van der Waals surface area contributed by atoms with E-state index in [1.807, 2.05) is 0 Å². The van der Waals surface area contributed by atoms with E-state index in [0.29, 0.717) is 24.2 Å². The van der Waals surface area contributed by atoms with Crippen LogP contribution in [0.25, 0.3) is 0 Å². The number of ether oxygens (including phenoxy) is 3. The number of H-pyrrole nitrogens is 1. The lowest BCUT2D eigenvalue weighted by molar-refractivity contribution is 0.110. The molecule has 1 aromatic rings. The first-order valence-electron chi connectivity index (χ1n) is 7.16. The Bertz CT molecular complexity index is 930. The van der Waals surface area contributed by atoms with Gasteiger partial charge in [-0.1, -0.05) is 0 Å². The average molecular weight is 374 g/mol. The van der Waals surface area contributed by atoms with E-state index in [1.165, 1.54) is 10.8 Å². The van der Waals surface area contributed by atoms with E-state index >= 15 is 0 Å². The molecule has 2 aliphatic rings. The highest BCUT2D eigenvalue weighted by molar-refractivity contribution is 7.53. The Morgan fingerprint density at radius 3 is 2.88 bits per heavy atom. The third kappa shape index (κ3) is 3.08. The molecule has 11 nitrogen and oxygen atoms in total. The Kier molecular flexibility index (Phi) is 4.00. The first-order valence-corrected chi connectivity index (χ1v) is 8.93. The van der Waals surface area contributed by atoms with Gasteiger partial charge in [-0.25, -0.2) is 14.2 Å². The Labute approximate surface area is 140 Å². The highest BCUT2D eigenvalue weighted by atomic mass is 31.2. The number of fused-ring (bicyclic) bond motifs is 1. The van der Waals surface area contributed by atoms with Gasteiger partial charge < -0.3 is 23.6 Å². The molecule has 1 aliphatic carbocycles. The smallest absolute Gasteiger partial charge is 0.480 e. The van der Waals surface area contributed by atoms with Gasteiger partial charge in [0.25, 0.3) is 11.3 Å². The topological polar surface area (TPSA) is 149 Å². The fraction of sp³-hybridized carbons (Fsp3) is 0.462. The van der Waals surface area contributed by atoms with Crippen LogP contribution in [0.1, 0.15) is 18.4 Å². The van der Waals surface area contributed by atoms with E-state index in [1.54, 1.807) is 6.92 Å². The second kappa shape index (κ2) is 5.78. The second-order valence-corrected chi connectivity index (χ2v) is 7.25. The zero-order chi connectivity index (χ0) is 18.4. The molecule has 2 heterocycles. The Morgan fingerprint density at radius 1 is 1.52 bits per heavy atom. The summed E-state index contributed by atoms with van der Waals surface area (Å²) in [5.41, 5.74) is -1.83. The van der Waals surface area contributed by atoms with Crippen LogP contribution in [0.5, 0.6) is 0 Å². The number of aryl methyl sites for hydroxylation is 1. The molecule has 0 aromatic carbocycles. The molecular weight excluding hydrogens is 359 g/mol. The summed E-state index contributed by atoms with van der Waals surface area (Å²) in [6, 6.07) is 0. The molecule has 25 heavy (non-hydrogen) atoms. The Morgan fingerprint density at radius 2 is 2.24 bits per heavy atom. The second-order valence-electron chi connectivity index (χ2n) is 5.54. The molecule has 1 aliphatic heterocycles. The first-order chi connectivity index (χ1) is 11.7. The molecule has 12 heteroatoms. The van der Waals surface area contributed by atoms with Crippen LogP contribution < -0.4 is 11.2 Å². The van der Waals surface area contributed by atoms with Crippen molar-refractivity contribution in [1.82, 2.24) is 9.55 Å². The lowest BCUT2D eigenvalue weighted by Crippen LogP contribution is -2.36. The van der Waals surface area contributed by atoms with Crippen LogP contribution in [-0.4, -0.2) is 34.1 Å². The molecule has 1 fully saturated rings. The number of epoxide rings is 1. The van der Waals surface area contributed by atoms with Gasteiger partial charge >= 0.3 is 19.4 Å². The molecule has 1 saturated heterocycles. The number of nitrogens with zero attached hydrogens (tertiary/aromatic N) is 1. The highest BCUT2D eigenvalue weighted by Gasteiger charge is 2.62. The summed E-state index contributed by atoms with van der Waals surface area (Å²) in [7, 11) is -3.35. The van der Waals surface area contributed by atoms with Crippen LogP contribution in [0.15, 0.2) is 27.3 Å². The lowest BCUT2D eigenvalue weighted by atomic mass is 10.2. The van der Waals surface area contributed by atoms with E-state index in [-0.39, 0.29) is 5.76 Å². The summed E-state index contributed by atoms with van der Waals surface area (Å²) in [4.78, 5) is 46.1. The molecule has 0 bridgehead atoms. The van der Waals surface area contributed by atoms with Crippen molar-refractivity contribution in [2.24, 2.45) is 0 Å². The number of carbonyl (C=O) groups is 1. The molecule has 0 spiro atoms. The molecular formula is C13H15N2O9P. The Balaban J connectivity index is 1.77. The number of allylic oxidation sites excluding steroid dienone is 1.